The molecule has 0 fully saturated rings. The first kappa shape index (κ1) is 13.4. The molecule has 0 aliphatic carbocycles. The average molecular weight is 298 g/mol. The number of pyridine rings is 1. The molecule has 5 heteroatoms. The molecule has 0 aliphatic rings. The van der Waals surface area contributed by atoms with Crippen LogP contribution in [0.15, 0.2) is 67.1 Å². The van der Waals surface area contributed by atoms with Gasteiger partial charge in [-0.2, -0.15) is 0 Å². The van der Waals surface area contributed by atoms with Crippen molar-refractivity contribution in [3.63, 3.8) is 0 Å². The number of nitrogens with one attached hydrogen (secondary N) is 1. The van der Waals surface area contributed by atoms with Crippen LogP contribution in [-0.4, -0.2) is 15.5 Å². The van der Waals surface area contributed by atoms with Crippen LogP contribution in [0, 0.1) is 0 Å². The minimum absolute atomic E-state index is 0.205. The number of rotatable bonds is 3. The summed E-state index contributed by atoms with van der Waals surface area (Å²) in [7, 11) is 0. The molecule has 0 bridgehead atoms. The number of amides is 1. The lowest BCUT2D eigenvalue weighted by molar-refractivity contribution is 0.102. The van der Waals surface area contributed by atoms with Crippen LogP contribution in [0.2, 0.25) is 5.02 Å². The highest BCUT2D eigenvalue weighted by Gasteiger charge is 2.07. The van der Waals surface area contributed by atoms with Crippen LogP contribution in [0.5, 0.6) is 0 Å². The van der Waals surface area contributed by atoms with Gasteiger partial charge in [-0.25, -0.2) is 4.98 Å². The van der Waals surface area contributed by atoms with Gasteiger partial charge in [-0.05, 0) is 48.5 Å². The monoisotopic (exact) mass is 297 g/mol. The summed E-state index contributed by atoms with van der Waals surface area (Å²) in [6.45, 7) is 0. The third kappa shape index (κ3) is 3.12. The first-order valence-electron chi connectivity index (χ1n) is 6.39. The predicted molar refractivity (Wildman–Crippen MR) is 83.0 cm³/mol. The molecule has 2 aromatic heterocycles. The molecule has 3 aromatic rings. The summed E-state index contributed by atoms with van der Waals surface area (Å²) >= 11 is 5.75. The molecule has 1 amide bonds. The van der Waals surface area contributed by atoms with E-state index < -0.39 is 0 Å². The van der Waals surface area contributed by atoms with Crippen molar-refractivity contribution in [1.82, 2.24) is 9.55 Å². The van der Waals surface area contributed by atoms with Crippen molar-refractivity contribution in [3.8, 4) is 5.69 Å². The van der Waals surface area contributed by atoms with Crippen molar-refractivity contribution in [3.05, 3.63) is 77.7 Å². The lowest BCUT2D eigenvalue weighted by Gasteiger charge is -2.06. The molecule has 3 rings (SSSR count). The van der Waals surface area contributed by atoms with E-state index in [0.29, 0.717) is 16.4 Å². The number of halogens is 1. The summed E-state index contributed by atoms with van der Waals surface area (Å²) in [4.78, 5) is 16.1. The second-order valence-electron chi connectivity index (χ2n) is 4.45. The Morgan fingerprint density at radius 3 is 2.38 bits per heavy atom. The first-order valence-corrected chi connectivity index (χ1v) is 6.76. The van der Waals surface area contributed by atoms with Gasteiger partial charge in [0, 0.05) is 29.8 Å². The van der Waals surface area contributed by atoms with Crippen molar-refractivity contribution in [2.45, 2.75) is 0 Å². The van der Waals surface area contributed by atoms with Crippen molar-refractivity contribution >= 4 is 23.3 Å². The molecule has 1 N–H and O–H groups in total. The van der Waals surface area contributed by atoms with Gasteiger partial charge in [-0.15, -0.1) is 0 Å². The largest absolute Gasteiger partial charge is 0.324 e. The van der Waals surface area contributed by atoms with Gasteiger partial charge in [-0.3, -0.25) is 4.79 Å². The Bertz CT molecular complexity index is 734. The number of carbonyl (C=O) groups excluding carboxylic acids is 1. The van der Waals surface area contributed by atoms with E-state index >= 15 is 0 Å². The molecule has 4 nitrogen and oxygen atoms in total. The van der Waals surface area contributed by atoms with Gasteiger partial charge >= 0.3 is 0 Å². The molecule has 0 saturated heterocycles. The molecule has 21 heavy (non-hydrogen) atoms. The summed E-state index contributed by atoms with van der Waals surface area (Å²) in [5.41, 5.74) is 1.57. The molecular weight excluding hydrogens is 286 g/mol. The van der Waals surface area contributed by atoms with E-state index in [1.165, 1.54) is 6.20 Å². The van der Waals surface area contributed by atoms with E-state index in [0.717, 1.165) is 5.69 Å². The number of anilines is 1. The molecule has 0 unspecified atom stereocenters. The van der Waals surface area contributed by atoms with Crippen molar-refractivity contribution in [2.75, 3.05) is 5.32 Å². The fourth-order valence-corrected chi connectivity index (χ4v) is 2.04. The van der Waals surface area contributed by atoms with Crippen LogP contribution in [0.4, 0.5) is 5.82 Å². The number of carbonyl (C=O) groups is 1. The highest BCUT2D eigenvalue weighted by Crippen LogP contribution is 2.13. The van der Waals surface area contributed by atoms with E-state index in [4.69, 9.17) is 11.6 Å². The van der Waals surface area contributed by atoms with E-state index in [1.807, 2.05) is 41.2 Å². The Labute approximate surface area is 127 Å². The smallest absolute Gasteiger partial charge is 0.256 e. The van der Waals surface area contributed by atoms with E-state index in [2.05, 4.69) is 10.3 Å². The summed E-state index contributed by atoms with van der Waals surface area (Å²) < 4.78 is 1.97. The number of hydrogen-bond donors (Lipinski definition) is 1. The molecule has 0 atom stereocenters. The fourth-order valence-electron chi connectivity index (χ4n) is 1.93. The van der Waals surface area contributed by atoms with Crippen molar-refractivity contribution in [2.24, 2.45) is 0 Å². The molecule has 2 heterocycles. The third-order valence-corrected chi connectivity index (χ3v) is 3.22. The minimum atomic E-state index is -0.205. The van der Waals surface area contributed by atoms with Gasteiger partial charge in [-0.1, -0.05) is 11.6 Å². The lowest BCUT2D eigenvalue weighted by Crippen LogP contribution is -2.12. The van der Waals surface area contributed by atoms with Gasteiger partial charge < -0.3 is 9.88 Å². The van der Waals surface area contributed by atoms with Crippen LogP contribution in [0.25, 0.3) is 5.69 Å². The molecule has 0 saturated carbocycles. The van der Waals surface area contributed by atoms with Gasteiger partial charge in [0.05, 0.1) is 5.02 Å². The maximum atomic E-state index is 12.1. The quantitative estimate of drug-likeness (QED) is 0.800. The normalized spacial score (nSPS) is 10.3. The summed E-state index contributed by atoms with van der Waals surface area (Å²) in [5, 5.41) is 3.26. The Kier molecular flexibility index (Phi) is 3.71. The molecule has 104 valence electrons. The van der Waals surface area contributed by atoms with Crippen molar-refractivity contribution < 1.29 is 4.79 Å². The summed E-state index contributed by atoms with van der Waals surface area (Å²) in [6, 6.07) is 14.6. The third-order valence-electron chi connectivity index (χ3n) is 3.00. The molecule has 1 aromatic carbocycles. The summed E-state index contributed by atoms with van der Waals surface area (Å²) in [5.74, 6) is 0.266. The molecule has 0 spiro atoms. The fraction of sp³-hybridized carbons (Fsp3) is 0. The van der Waals surface area contributed by atoms with Gasteiger partial charge in [0.25, 0.3) is 5.91 Å². The standard InChI is InChI=1S/C16H12ClN3O/c17-13-5-8-15(18-11-13)19-16(21)12-3-6-14(7-4-12)20-9-1-2-10-20/h1-11H,(H,18,19,21). The Morgan fingerprint density at radius 1 is 1.05 bits per heavy atom. The average Bonchev–Trinajstić information content (AvgIpc) is 3.04. The van der Waals surface area contributed by atoms with Gasteiger partial charge in [0.15, 0.2) is 0 Å². The number of nitrogens with zero attached hydrogens (tertiary/aromatic N) is 2. The Hall–Kier alpha value is -2.59. The SMILES string of the molecule is O=C(Nc1ccc(Cl)cn1)c1ccc(-n2cccc2)cc1. The van der Waals surface area contributed by atoms with Gasteiger partial charge in [0.1, 0.15) is 5.82 Å². The number of benzene rings is 1. The predicted octanol–water partition coefficient (Wildman–Crippen LogP) is 3.78. The van der Waals surface area contributed by atoms with Crippen LogP contribution in [0.3, 0.4) is 0 Å². The molecule has 0 radical (unpaired) electrons. The molecule has 0 aliphatic heterocycles. The minimum Gasteiger partial charge on any atom is -0.324 e. The first-order chi connectivity index (χ1) is 10.2. The summed E-state index contributed by atoms with van der Waals surface area (Å²) in [6.07, 6.45) is 5.39. The number of hydrogen-bond acceptors (Lipinski definition) is 2. The maximum absolute atomic E-state index is 12.1. The highest BCUT2D eigenvalue weighted by atomic mass is 35.5. The number of aromatic nitrogens is 2. The molecular formula is C16H12ClN3O. The zero-order chi connectivity index (χ0) is 14.7. The van der Waals surface area contributed by atoms with Crippen LogP contribution in [-0.2, 0) is 0 Å². The van der Waals surface area contributed by atoms with E-state index in [-0.39, 0.29) is 5.91 Å². The Balaban J connectivity index is 1.74. The van der Waals surface area contributed by atoms with Crippen molar-refractivity contribution in [1.29, 1.82) is 0 Å². The maximum Gasteiger partial charge on any atom is 0.256 e. The van der Waals surface area contributed by atoms with Crippen LogP contribution >= 0.6 is 11.6 Å². The van der Waals surface area contributed by atoms with Crippen LogP contribution < -0.4 is 5.32 Å². The second-order valence-corrected chi connectivity index (χ2v) is 4.89. The second kappa shape index (κ2) is 5.81. The van der Waals surface area contributed by atoms with E-state index in [1.54, 1.807) is 24.3 Å². The van der Waals surface area contributed by atoms with E-state index in [9.17, 15) is 4.79 Å². The highest BCUT2D eigenvalue weighted by molar-refractivity contribution is 6.30. The van der Waals surface area contributed by atoms with Gasteiger partial charge in [0.2, 0.25) is 0 Å². The lowest BCUT2D eigenvalue weighted by atomic mass is 10.2. The topological polar surface area (TPSA) is 46.9 Å². The zero-order valence-corrected chi connectivity index (χ0v) is 11.8. The van der Waals surface area contributed by atoms with Crippen LogP contribution in [0.1, 0.15) is 10.4 Å². The zero-order valence-electron chi connectivity index (χ0n) is 11.0. The Morgan fingerprint density at radius 2 is 1.76 bits per heavy atom.